The van der Waals surface area contributed by atoms with Crippen LogP contribution in [-0.2, 0) is 29.4 Å². The van der Waals surface area contributed by atoms with Crippen LogP contribution < -0.4 is 10.6 Å². The number of fused-ring (bicyclic) bond motifs is 1. The first-order valence-electron chi connectivity index (χ1n) is 16.6. The first kappa shape index (κ1) is 35.1. The molecular formula is C35H40N10O6. The molecule has 7 rings (SSSR count). The number of nitrogens with one attached hydrogen (secondary N) is 2. The molecule has 51 heavy (non-hydrogen) atoms. The summed E-state index contributed by atoms with van der Waals surface area (Å²) in [6.45, 7) is 2.82. The minimum absolute atomic E-state index is 0.0305. The maximum atomic E-state index is 11.2. The third-order valence-electron chi connectivity index (χ3n) is 8.43. The molecule has 1 fully saturated rings. The zero-order valence-electron chi connectivity index (χ0n) is 28.1. The SMILES string of the molecule is CCCc1noc([C@H]2O[C@@H](n3cnc4c(NCC(c5ccccc5)c5ccccc5)nc(NCCc5cn(C)cn5)nc43)[C@H](O)[C@@H]2O)n1.O=CO. The zero-order chi connectivity index (χ0) is 35.7. The lowest BCUT2D eigenvalue weighted by Gasteiger charge is -2.20. The first-order chi connectivity index (χ1) is 24.9. The third kappa shape index (κ3) is 8.03. The molecule has 5 N–H and O–H groups in total. The number of benzene rings is 2. The standard InChI is InChI=1S/C34H38N10O4.CH2O2/c1-3-10-25-39-32(48-42-25)29-27(45)28(46)33(47-29)44-20-38-26-30(40-34(41-31(26)44)35-16-15-23-18-43(2)19-37-23)36-17-24(21-11-6-4-7-12-21)22-13-8-5-9-14-22;2-1-3/h4-9,11-14,18-20,24,27-29,33,45-46H,3,10,15-17H2,1-2H3,(H2,35,36,40,41);1H,(H,2,3)/t27-,28+,29-,33+;/m0./s1. The molecule has 266 valence electrons. The molecule has 0 spiro atoms. The summed E-state index contributed by atoms with van der Waals surface area (Å²) in [5, 5.41) is 39.9. The Morgan fingerprint density at radius 2 is 1.63 bits per heavy atom. The largest absolute Gasteiger partial charge is 0.483 e. The van der Waals surface area contributed by atoms with Gasteiger partial charge in [-0.1, -0.05) is 72.7 Å². The van der Waals surface area contributed by atoms with E-state index in [9.17, 15) is 10.2 Å². The second-order valence-electron chi connectivity index (χ2n) is 12.0. The molecule has 0 aliphatic carbocycles. The number of hydrogen-bond donors (Lipinski definition) is 5. The highest BCUT2D eigenvalue weighted by molar-refractivity contribution is 5.84. The second kappa shape index (κ2) is 16.3. The van der Waals surface area contributed by atoms with Gasteiger partial charge < -0.3 is 39.8 Å². The van der Waals surface area contributed by atoms with E-state index in [1.54, 1.807) is 10.9 Å². The van der Waals surface area contributed by atoms with E-state index in [0.717, 1.165) is 23.2 Å². The van der Waals surface area contributed by atoms with Gasteiger partial charge in [0.1, 0.15) is 12.2 Å². The van der Waals surface area contributed by atoms with Gasteiger partial charge in [0.15, 0.2) is 35.1 Å². The molecule has 0 bridgehead atoms. The quantitative estimate of drug-likeness (QED) is 0.110. The summed E-state index contributed by atoms with van der Waals surface area (Å²) in [6.07, 6.45) is 2.73. The van der Waals surface area contributed by atoms with E-state index in [2.05, 4.69) is 55.0 Å². The Balaban J connectivity index is 0.00000144. The van der Waals surface area contributed by atoms with Crippen LogP contribution in [0.3, 0.4) is 0 Å². The van der Waals surface area contributed by atoms with Crippen LogP contribution in [0.5, 0.6) is 0 Å². The van der Waals surface area contributed by atoms with Crippen molar-refractivity contribution >= 4 is 29.4 Å². The lowest BCUT2D eigenvalue weighted by Crippen LogP contribution is -2.29. The van der Waals surface area contributed by atoms with Gasteiger partial charge in [0.05, 0.1) is 18.3 Å². The Kier molecular flexibility index (Phi) is 11.2. The van der Waals surface area contributed by atoms with Crippen LogP contribution in [0.25, 0.3) is 11.2 Å². The van der Waals surface area contributed by atoms with E-state index >= 15 is 0 Å². The summed E-state index contributed by atoms with van der Waals surface area (Å²) < 4.78 is 15.1. The number of ether oxygens (including phenoxy) is 1. The van der Waals surface area contributed by atoms with E-state index in [0.29, 0.717) is 54.7 Å². The Morgan fingerprint density at radius 1 is 0.922 bits per heavy atom. The van der Waals surface area contributed by atoms with Crippen molar-refractivity contribution in [3.8, 4) is 0 Å². The average molecular weight is 697 g/mol. The van der Waals surface area contributed by atoms with Crippen molar-refractivity contribution in [1.82, 2.24) is 39.2 Å². The third-order valence-corrected chi connectivity index (χ3v) is 8.43. The van der Waals surface area contributed by atoms with E-state index in [1.807, 2.05) is 61.1 Å². The maximum absolute atomic E-state index is 11.2. The molecule has 0 radical (unpaired) electrons. The summed E-state index contributed by atoms with van der Waals surface area (Å²) in [5.74, 6) is 1.54. The maximum Gasteiger partial charge on any atom is 0.290 e. The Hall–Kier alpha value is -5.71. The Morgan fingerprint density at radius 3 is 2.27 bits per heavy atom. The van der Waals surface area contributed by atoms with Crippen LogP contribution in [0.1, 0.15) is 60.1 Å². The summed E-state index contributed by atoms with van der Waals surface area (Å²) >= 11 is 0. The fourth-order valence-corrected chi connectivity index (χ4v) is 6.00. The predicted octanol–water partition coefficient (Wildman–Crippen LogP) is 3.49. The number of rotatable bonds is 13. The number of carboxylic acid groups (broad SMARTS) is 1. The molecule has 0 amide bonds. The topological polar surface area (TPSA) is 211 Å². The molecule has 6 aromatic rings. The van der Waals surface area contributed by atoms with Crippen molar-refractivity contribution in [3.63, 3.8) is 0 Å². The average Bonchev–Trinajstić information content (AvgIpc) is 3.94. The highest BCUT2D eigenvalue weighted by Crippen LogP contribution is 2.40. The minimum atomic E-state index is -1.32. The van der Waals surface area contributed by atoms with Crippen molar-refractivity contribution < 1.29 is 29.4 Å². The number of aliphatic hydroxyl groups is 2. The molecule has 0 saturated carbocycles. The molecule has 16 nitrogen and oxygen atoms in total. The van der Waals surface area contributed by atoms with E-state index in [1.165, 1.54) is 6.33 Å². The van der Waals surface area contributed by atoms with Crippen molar-refractivity contribution in [2.45, 2.75) is 56.6 Å². The zero-order valence-corrected chi connectivity index (χ0v) is 28.1. The number of carbonyl (C=O) groups is 1. The molecule has 1 aliphatic heterocycles. The highest BCUT2D eigenvalue weighted by atomic mass is 16.6. The fraction of sp³-hybridized carbons (Fsp3) is 0.343. The molecule has 1 saturated heterocycles. The van der Waals surface area contributed by atoms with Crippen molar-refractivity contribution in [1.29, 1.82) is 0 Å². The van der Waals surface area contributed by atoms with Crippen LogP contribution in [-0.4, -0.2) is 86.3 Å². The second-order valence-corrected chi connectivity index (χ2v) is 12.0. The van der Waals surface area contributed by atoms with Crippen molar-refractivity contribution in [2.24, 2.45) is 7.05 Å². The summed E-state index contributed by atoms with van der Waals surface area (Å²) in [7, 11) is 1.93. The number of nitrogens with zero attached hydrogens (tertiary/aromatic N) is 8. The molecule has 5 heterocycles. The molecule has 16 heteroatoms. The lowest BCUT2D eigenvalue weighted by atomic mass is 9.91. The predicted molar refractivity (Wildman–Crippen MR) is 186 cm³/mol. The van der Waals surface area contributed by atoms with Crippen LogP contribution in [0.4, 0.5) is 11.8 Å². The van der Waals surface area contributed by atoms with Crippen molar-refractivity contribution in [3.05, 3.63) is 108 Å². The van der Waals surface area contributed by atoms with E-state index in [4.69, 9.17) is 29.1 Å². The molecular weight excluding hydrogens is 656 g/mol. The van der Waals surface area contributed by atoms with Gasteiger partial charge in [0, 0.05) is 45.1 Å². The van der Waals surface area contributed by atoms with Gasteiger partial charge in [0.2, 0.25) is 5.95 Å². The fourth-order valence-electron chi connectivity index (χ4n) is 6.00. The number of aryl methyl sites for hydroxylation is 2. The number of hydrogen-bond acceptors (Lipinski definition) is 13. The van der Waals surface area contributed by atoms with E-state index in [-0.39, 0.29) is 18.3 Å². The molecule has 1 aliphatic rings. The molecule has 0 unspecified atom stereocenters. The van der Waals surface area contributed by atoms with Gasteiger partial charge in [0.25, 0.3) is 12.4 Å². The monoisotopic (exact) mass is 696 g/mol. The number of anilines is 2. The minimum Gasteiger partial charge on any atom is -0.483 e. The Bertz CT molecular complexity index is 1960. The van der Waals surface area contributed by atoms with Gasteiger partial charge in [-0.05, 0) is 17.5 Å². The van der Waals surface area contributed by atoms with Crippen LogP contribution in [0.15, 0.2) is 84.0 Å². The summed E-state index contributed by atoms with van der Waals surface area (Å²) in [5.41, 5.74) is 4.16. The van der Waals surface area contributed by atoms with E-state index < -0.39 is 24.5 Å². The summed E-state index contributed by atoms with van der Waals surface area (Å²) in [6, 6.07) is 20.6. The van der Waals surface area contributed by atoms with Crippen LogP contribution >= 0.6 is 0 Å². The molecule has 4 aromatic heterocycles. The summed E-state index contributed by atoms with van der Waals surface area (Å²) in [4.78, 5) is 31.4. The van der Waals surface area contributed by atoms with Crippen molar-refractivity contribution in [2.75, 3.05) is 23.7 Å². The lowest BCUT2D eigenvalue weighted by molar-refractivity contribution is -0.122. The number of aliphatic hydroxyl groups excluding tert-OH is 2. The van der Waals surface area contributed by atoms with Gasteiger partial charge in [-0.25, -0.2) is 9.97 Å². The molecule has 4 atom stereocenters. The van der Waals surface area contributed by atoms with Crippen LogP contribution in [0.2, 0.25) is 0 Å². The van der Waals surface area contributed by atoms with Gasteiger partial charge in [-0.2, -0.15) is 15.0 Å². The smallest absolute Gasteiger partial charge is 0.290 e. The van der Waals surface area contributed by atoms with Gasteiger partial charge >= 0.3 is 0 Å². The molecule has 2 aromatic carbocycles. The Labute approximate surface area is 293 Å². The normalized spacial score (nSPS) is 18.5. The van der Waals surface area contributed by atoms with Gasteiger partial charge in [-0.3, -0.25) is 9.36 Å². The first-order valence-corrected chi connectivity index (χ1v) is 16.6. The van der Waals surface area contributed by atoms with Gasteiger partial charge in [-0.15, -0.1) is 0 Å². The highest BCUT2D eigenvalue weighted by Gasteiger charge is 2.47. The van der Waals surface area contributed by atoms with Crippen LogP contribution in [0, 0.1) is 0 Å². The number of imidazole rings is 2. The number of aromatic nitrogens is 8.